The number of carboxylic acid groups (broad SMARTS) is 1. The number of aromatic nitrogens is 1. The molecular formula is C12H16N4O4. The van der Waals surface area contributed by atoms with Crippen LogP contribution >= 0.6 is 0 Å². The Bertz CT molecular complexity index is 504. The fourth-order valence-corrected chi connectivity index (χ4v) is 1.42. The lowest BCUT2D eigenvalue weighted by atomic mass is 10.3. The maximum Gasteiger partial charge on any atom is 0.356 e. The quantitative estimate of drug-likeness (QED) is 0.602. The van der Waals surface area contributed by atoms with Crippen molar-refractivity contribution in [3.8, 4) is 0 Å². The number of anilines is 1. The molecule has 1 aromatic heterocycles. The van der Waals surface area contributed by atoms with Gasteiger partial charge in [0.15, 0.2) is 5.69 Å². The van der Waals surface area contributed by atoms with E-state index in [1.807, 2.05) is 0 Å². The minimum atomic E-state index is -1.23. The summed E-state index contributed by atoms with van der Waals surface area (Å²) in [6.45, 7) is 2.48. The number of carbonyl (C=O) groups excluding carboxylic acids is 2. The number of carbonyl (C=O) groups is 3. The molecule has 0 unspecified atom stereocenters. The van der Waals surface area contributed by atoms with Crippen molar-refractivity contribution in [2.75, 3.05) is 18.4 Å². The molecule has 0 saturated carbocycles. The van der Waals surface area contributed by atoms with Crippen LogP contribution in [0.15, 0.2) is 18.3 Å². The standard InChI is InChI=1S/C12H16N4O4/c1-2-13-9(17)5-7-15-12(20)16-8-4-3-6-14-10(8)11(18)19/h3-4,6H,2,5,7H2,1H3,(H,13,17)(H,18,19)(H2,15,16,20). The van der Waals surface area contributed by atoms with E-state index in [-0.39, 0.29) is 30.3 Å². The fourth-order valence-electron chi connectivity index (χ4n) is 1.42. The van der Waals surface area contributed by atoms with Crippen molar-refractivity contribution in [1.82, 2.24) is 15.6 Å². The Morgan fingerprint density at radius 1 is 1.30 bits per heavy atom. The van der Waals surface area contributed by atoms with Crippen LogP contribution in [0.2, 0.25) is 0 Å². The van der Waals surface area contributed by atoms with Crippen LogP contribution in [-0.2, 0) is 4.79 Å². The molecule has 0 saturated heterocycles. The zero-order valence-corrected chi connectivity index (χ0v) is 11.0. The van der Waals surface area contributed by atoms with Gasteiger partial charge in [0.05, 0.1) is 5.69 Å². The number of carboxylic acids is 1. The Morgan fingerprint density at radius 3 is 2.70 bits per heavy atom. The molecule has 1 rings (SSSR count). The van der Waals surface area contributed by atoms with Crippen molar-refractivity contribution in [2.24, 2.45) is 0 Å². The second kappa shape index (κ2) is 7.72. The first-order valence-electron chi connectivity index (χ1n) is 6.04. The van der Waals surface area contributed by atoms with Crippen LogP contribution in [0.5, 0.6) is 0 Å². The lowest BCUT2D eigenvalue weighted by molar-refractivity contribution is -0.120. The SMILES string of the molecule is CCNC(=O)CCNC(=O)Nc1cccnc1C(=O)O. The summed E-state index contributed by atoms with van der Waals surface area (Å²) < 4.78 is 0. The minimum Gasteiger partial charge on any atom is -0.476 e. The largest absolute Gasteiger partial charge is 0.476 e. The third kappa shape index (κ3) is 4.92. The number of nitrogens with zero attached hydrogens (tertiary/aromatic N) is 1. The zero-order chi connectivity index (χ0) is 15.0. The predicted molar refractivity (Wildman–Crippen MR) is 71.5 cm³/mol. The van der Waals surface area contributed by atoms with Gasteiger partial charge in [-0.25, -0.2) is 14.6 Å². The Balaban J connectivity index is 2.47. The van der Waals surface area contributed by atoms with Crippen molar-refractivity contribution in [3.05, 3.63) is 24.0 Å². The van der Waals surface area contributed by atoms with Crippen LogP contribution in [-0.4, -0.2) is 41.1 Å². The molecule has 0 aliphatic heterocycles. The van der Waals surface area contributed by atoms with E-state index >= 15 is 0 Å². The van der Waals surface area contributed by atoms with Crippen LogP contribution in [0.4, 0.5) is 10.5 Å². The van der Waals surface area contributed by atoms with Crippen LogP contribution in [0, 0.1) is 0 Å². The third-order valence-corrected chi connectivity index (χ3v) is 2.27. The average Bonchev–Trinajstić information content (AvgIpc) is 2.39. The Morgan fingerprint density at radius 2 is 2.05 bits per heavy atom. The molecule has 4 N–H and O–H groups in total. The summed E-state index contributed by atoms with van der Waals surface area (Å²) in [5.41, 5.74) is -0.151. The minimum absolute atomic E-state index is 0.0931. The number of amides is 3. The average molecular weight is 280 g/mol. The van der Waals surface area contributed by atoms with Gasteiger partial charge in [0, 0.05) is 25.7 Å². The topological polar surface area (TPSA) is 120 Å². The zero-order valence-electron chi connectivity index (χ0n) is 11.0. The van der Waals surface area contributed by atoms with E-state index in [2.05, 4.69) is 20.9 Å². The smallest absolute Gasteiger partial charge is 0.356 e. The van der Waals surface area contributed by atoms with Crippen molar-refractivity contribution >= 4 is 23.6 Å². The number of aromatic carboxylic acids is 1. The highest BCUT2D eigenvalue weighted by Crippen LogP contribution is 2.11. The van der Waals surface area contributed by atoms with Crippen LogP contribution < -0.4 is 16.0 Å². The van der Waals surface area contributed by atoms with Crippen molar-refractivity contribution in [1.29, 1.82) is 0 Å². The molecule has 0 aromatic carbocycles. The number of rotatable bonds is 6. The molecule has 0 aliphatic rings. The van der Waals surface area contributed by atoms with Gasteiger partial charge in [-0.15, -0.1) is 0 Å². The Labute approximate surface area is 115 Å². The highest BCUT2D eigenvalue weighted by atomic mass is 16.4. The lowest BCUT2D eigenvalue weighted by Gasteiger charge is -2.09. The molecule has 8 nitrogen and oxygen atoms in total. The number of urea groups is 1. The van der Waals surface area contributed by atoms with E-state index in [4.69, 9.17) is 5.11 Å². The molecule has 1 heterocycles. The maximum absolute atomic E-state index is 11.6. The molecular weight excluding hydrogens is 264 g/mol. The maximum atomic E-state index is 11.6. The summed E-state index contributed by atoms with van der Waals surface area (Å²) in [5.74, 6) is -1.40. The summed E-state index contributed by atoms with van der Waals surface area (Å²) in [5, 5.41) is 16.3. The van der Waals surface area contributed by atoms with Crippen LogP contribution in [0.1, 0.15) is 23.8 Å². The van der Waals surface area contributed by atoms with Crippen LogP contribution in [0.3, 0.4) is 0 Å². The summed E-state index contributed by atoms with van der Waals surface area (Å²) in [6, 6.07) is 2.35. The van der Waals surface area contributed by atoms with Gasteiger partial charge in [0.2, 0.25) is 5.91 Å². The van der Waals surface area contributed by atoms with Gasteiger partial charge in [-0.2, -0.15) is 0 Å². The molecule has 0 radical (unpaired) electrons. The van der Waals surface area contributed by atoms with Gasteiger partial charge in [0.25, 0.3) is 0 Å². The summed E-state index contributed by atoms with van der Waals surface area (Å²) in [4.78, 5) is 37.3. The van der Waals surface area contributed by atoms with Gasteiger partial charge in [-0.1, -0.05) is 0 Å². The lowest BCUT2D eigenvalue weighted by Crippen LogP contribution is -2.33. The molecule has 1 aromatic rings. The normalized spacial score (nSPS) is 9.65. The van der Waals surface area contributed by atoms with Gasteiger partial charge in [0.1, 0.15) is 0 Å². The molecule has 0 spiro atoms. The van der Waals surface area contributed by atoms with E-state index in [0.717, 1.165) is 0 Å². The molecule has 3 amide bonds. The van der Waals surface area contributed by atoms with Gasteiger partial charge < -0.3 is 21.1 Å². The molecule has 0 fully saturated rings. The van der Waals surface area contributed by atoms with E-state index in [1.165, 1.54) is 18.3 Å². The van der Waals surface area contributed by atoms with Crippen molar-refractivity contribution in [2.45, 2.75) is 13.3 Å². The van der Waals surface area contributed by atoms with E-state index in [0.29, 0.717) is 6.54 Å². The Hall–Kier alpha value is -2.64. The molecule has 0 aliphatic carbocycles. The first-order valence-corrected chi connectivity index (χ1v) is 6.04. The first-order chi connectivity index (χ1) is 9.54. The number of nitrogens with one attached hydrogen (secondary N) is 3. The molecule has 0 atom stereocenters. The molecule has 108 valence electrons. The van der Waals surface area contributed by atoms with Crippen LogP contribution in [0.25, 0.3) is 0 Å². The monoisotopic (exact) mass is 280 g/mol. The predicted octanol–water partition coefficient (Wildman–Crippen LogP) is 0.427. The van der Waals surface area contributed by atoms with E-state index in [1.54, 1.807) is 6.92 Å². The van der Waals surface area contributed by atoms with E-state index in [9.17, 15) is 14.4 Å². The Kier molecular flexibility index (Phi) is 5.95. The number of hydrogen-bond acceptors (Lipinski definition) is 4. The number of pyridine rings is 1. The highest BCUT2D eigenvalue weighted by molar-refractivity contribution is 5.98. The van der Waals surface area contributed by atoms with E-state index < -0.39 is 12.0 Å². The van der Waals surface area contributed by atoms with Gasteiger partial charge >= 0.3 is 12.0 Å². The van der Waals surface area contributed by atoms with Crippen molar-refractivity contribution in [3.63, 3.8) is 0 Å². The second-order valence-corrected chi connectivity index (χ2v) is 3.79. The summed E-state index contributed by atoms with van der Waals surface area (Å²) >= 11 is 0. The fraction of sp³-hybridized carbons (Fsp3) is 0.333. The molecule has 8 heteroatoms. The third-order valence-electron chi connectivity index (χ3n) is 2.27. The first kappa shape index (κ1) is 15.4. The summed E-state index contributed by atoms with van der Waals surface area (Å²) in [6.07, 6.45) is 1.47. The van der Waals surface area contributed by atoms with Gasteiger partial charge in [-0.3, -0.25) is 4.79 Å². The highest BCUT2D eigenvalue weighted by Gasteiger charge is 2.13. The van der Waals surface area contributed by atoms with Gasteiger partial charge in [-0.05, 0) is 19.1 Å². The molecule has 20 heavy (non-hydrogen) atoms. The second-order valence-electron chi connectivity index (χ2n) is 3.79. The number of hydrogen-bond donors (Lipinski definition) is 4. The summed E-state index contributed by atoms with van der Waals surface area (Å²) in [7, 11) is 0. The van der Waals surface area contributed by atoms with Crippen molar-refractivity contribution < 1.29 is 19.5 Å². The molecule has 0 bridgehead atoms.